The van der Waals surface area contributed by atoms with E-state index in [4.69, 9.17) is 4.74 Å². The molecule has 0 bridgehead atoms. The first-order chi connectivity index (χ1) is 12.7. The lowest BCUT2D eigenvalue weighted by atomic mass is 10.1. The molecular formula is C21H21N3O2. The van der Waals surface area contributed by atoms with Gasteiger partial charge in [-0.1, -0.05) is 37.3 Å². The van der Waals surface area contributed by atoms with Crippen molar-refractivity contribution >= 4 is 5.91 Å². The van der Waals surface area contributed by atoms with Crippen LogP contribution in [-0.2, 0) is 0 Å². The Morgan fingerprint density at radius 3 is 2.46 bits per heavy atom. The molecular weight excluding hydrogens is 326 g/mol. The Bertz CT molecular complexity index is 864. The number of ether oxygens (including phenoxy) is 1. The number of carbonyl (C=O) groups excluding carboxylic acids is 1. The average molecular weight is 347 g/mol. The van der Waals surface area contributed by atoms with E-state index in [0.717, 1.165) is 17.5 Å². The average Bonchev–Trinajstić information content (AvgIpc) is 2.69. The molecule has 3 aromatic rings. The van der Waals surface area contributed by atoms with Gasteiger partial charge in [-0.25, -0.2) is 9.97 Å². The molecule has 0 saturated carbocycles. The van der Waals surface area contributed by atoms with Gasteiger partial charge in [-0.2, -0.15) is 0 Å². The van der Waals surface area contributed by atoms with Crippen LogP contribution in [0.4, 0.5) is 0 Å². The minimum Gasteiger partial charge on any atom is -0.424 e. The van der Waals surface area contributed by atoms with Crippen molar-refractivity contribution in [3.8, 4) is 22.9 Å². The molecule has 0 spiro atoms. The van der Waals surface area contributed by atoms with E-state index in [9.17, 15) is 4.79 Å². The fourth-order valence-electron chi connectivity index (χ4n) is 2.36. The summed E-state index contributed by atoms with van der Waals surface area (Å²) in [5.74, 6) is 0.607. The maximum atomic E-state index is 12.3. The summed E-state index contributed by atoms with van der Waals surface area (Å²) in [6.07, 6.45) is 4.27. The van der Waals surface area contributed by atoms with Gasteiger partial charge >= 0.3 is 6.01 Å². The Morgan fingerprint density at radius 1 is 1.04 bits per heavy atom. The molecule has 132 valence electrons. The lowest BCUT2D eigenvalue weighted by Crippen LogP contribution is -2.31. The van der Waals surface area contributed by atoms with Gasteiger partial charge < -0.3 is 10.1 Å². The summed E-state index contributed by atoms with van der Waals surface area (Å²) in [6.45, 7) is 4.03. The summed E-state index contributed by atoms with van der Waals surface area (Å²) in [4.78, 5) is 20.8. The van der Waals surface area contributed by atoms with Gasteiger partial charge in [-0.15, -0.1) is 0 Å². The summed E-state index contributed by atoms with van der Waals surface area (Å²) in [7, 11) is 0. The van der Waals surface area contributed by atoms with Crippen LogP contribution in [0, 0.1) is 0 Å². The number of amides is 1. The second-order valence-corrected chi connectivity index (χ2v) is 6.03. The highest BCUT2D eigenvalue weighted by Gasteiger charge is 2.10. The van der Waals surface area contributed by atoms with Gasteiger partial charge in [-0.05, 0) is 43.2 Å². The standard InChI is InChI=1S/C21H21N3O2/c1-3-15(2)24-20(25)17-9-7-8-16(12-17)18-13-22-21(23-14-18)26-19-10-5-4-6-11-19/h4-15H,3H2,1-2H3,(H,24,25)/t15-/m0/s1. The summed E-state index contributed by atoms with van der Waals surface area (Å²) < 4.78 is 5.60. The van der Waals surface area contributed by atoms with E-state index in [0.29, 0.717) is 11.3 Å². The molecule has 3 rings (SSSR count). The van der Waals surface area contributed by atoms with Gasteiger partial charge in [0, 0.05) is 29.6 Å². The first-order valence-electron chi connectivity index (χ1n) is 8.62. The zero-order valence-corrected chi connectivity index (χ0v) is 14.8. The highest BCUT2D eigenvalue weighted by Crippen LogP contribution is 2.22. The number of rotatable bonds is 6. The Hall–Kier alpha value is -3.21. The maximum absolute atomic E-state index is 12.3. The van der Waals surface area contributed by atoms with Crippen molar-refractivity contribution in [1.29, 1.82) is 0 Å². The monoisotopic (exact) mass is 347 g/mol. The second-order valence-electron chi connectivity index (χ2n) is 6.03. The van der Waals surface area contributed by atoms with Crippen LogP contribution in [0.5, 0.6) is 11.8 Å². The molecule has 0 unspecified atom stereocenters. The summed E-state index contributed by atoms with van der Waals surface area (Å²) in [6, 6.07) is 17.2. The van der Waals surface area contributed by atoms with Crippen molar-refractivity contribution in [2.75, 3.05) is 0 Å². The van der Waals surface area contributed by atoms with Gasteiger partial charge in [0.1, 0.15) is 5.75 Å². The molecule has 1 amide bonds. The Morgan fingerprint density at radius 2 is 1.77 bits per heavy atom. The summed E-state index contributed by atoms with van der Waals surface area (Å²) in [5, 5.41) is 2.97. The molecule has 0 aliphatic carbocycles. The number of hydrogen-bond acceptors (Lipinski definition) is 4. The predicted octanol–water partition coefficient (Wildman–Crippen LogP) is 4.46. The summed E-state index contributed by atoms with van der Waals surface area (Å²) in [5.41, 5.74) is 2.32. The third kappa shape index (κ3) is 4.45. The zero-order valence-electron chi connectivity index (χ0n) is 14.8. The zero-order chi connectivity index (χ0) is 18.4. The predicted molar refractivity (Wildman–Crippen MR) is 101 cm³/mol. The van der Waals surface area contributed by atoms with Crippen molar-refractivity contribution in [2.24, 2.45) is 0 Å². The minimum atomic E-state index is -0.0776. The Kier molecular flexibility index (Phi) is 5.59. The molecule has 1 N–H and O–H groups in total. The minimum absolute atomic E-state index is 0.0776. The number of hydrogen-bond donors (Lipinski definition) is 1. The number of benzene rings is 2. The number of aromatic nitrogens is 2. The van der Waals surface area contributed by atoms with E-state index >= 15 is 0 Å². The molecule has 2 aromatic carbocycles. The maximum Gasteiger partial charge on any atom is 0.321 e. The Labute approximate surface area is 153 Å². The van der Waals surface area contributed by atoms with Crippen molar-refractivity contribution < 1.29 is 9.53 Å². The van der Waals surface area contributed by atoms with Crippen LogP contribution in [0.25, 0.3) is 11.1 Å². The smallest absolute Gasteiger partial charge is 0.321 e. The highest BCUT2D eigenvalue weighted by atomic mass is 16.5. The van der Waals surface area contributed by atoms with E-state index in [1.807, 2.05) is 62.4 Å². The molecule has 0 radical (unpaired) electrons. The lowest BCUT2D eigenvalue weighted by Gasteiger charge is -2.12. The van der Waals surface area contributed by atoms with Crippen LogP contribution in [0.15, 0.2) is 67.0 Å². The van der Waals surface area contributed by atoms with Crippen LogP contribution in [-0.4, -0.2) is 21.9 Å². The van der Waals surface area contributed by atoms with Gasteiger partial charge in [0.05, 0.1) is 0 Å². The van der Waals surface area contributed by atoms with Gasteiger partial charge in [-0.3, -0.25) is 4.79 Å². The van der Waals surface area contributed by atoms with E-state index in [1.165, 1.54) is 0 Å². The molecule has 5 heteroatoms. The molecule has 26 heavy (non-hydrogen) atoms. The largest absolute Gasteiger partial charge is 0.424 e. The van der Waals surface area contributed by atoms with Crippen LogP contribution in [0.2, 0.25) is 0 Å². The quantitative estimate of drug-likeness (QED) is 0.715. The number of nitrogens with zero attached hydrogens (tertiary/aromatic N) is 2. The highest BCUT2D eigenvalue weighted by molar-refractivity contribution is 5.95. The first kappa shape index (κ1) is 17.6. The van der Waals surface area contributed by atoms with Crippen LogP contribution in [0.3, 0.4) is 0 Å². The van der Waals surface area contributed by atoms with E-state index in [1.54, 1.807) is 18.5 Å². The topological polar surface area (TPSA) is 64.1 Å². The van der Waals surface area contributed by atoms with Crippen LogP contribution in [0.1, 0.15) is 30.6 Å². The van der Waals surface area contributed by atoms with Gasteiger partial charge in [0.25, 0.3) is 5.91 Å². The molecule has 1 heterocycles. The van der Waals surface area contributed by atoms with Crippen molar-refractivity contribution in [1.82, 2.24) is 15.3 Å². The normalized spacial score (nSPS) is 11.6. The van der Waals surface area contributed by atoms with Crippen molar-refractivity contribution in [3.63, 3.8) is 0 Å². The molecule has 0 aliphatic heterocycles. The third-order valence-corrected chi connectivity index (χ3v) is 4.03. The SMILES string of the molecule is CC[C@H](C)NC(=O)c1cccc(-c2cnc(Oc3ccccc3)nc2)c1. The van der Waals surface area contributed by atoms with E-state index in [2.05, 4.69) is 15.3 Å². The first-order valence-corrected chi connectivity index (χ1v) is 8.62. The number of para-hydroxylation sites is 1. The molecule has 5 nitrogen and oxygen atoms in total. The molecule has 0 aliphatic rings. The van der Waals surface area contributed by atoms with Gasteiger partial charge in [0.15, 0.2) is 0 Å². The molecule has 0 fully saturated rings. The molecule has 0 saturated heterocycles. The van der Waals surface area contributed by atoms with E-state index < -0.39 is 0 Å². The lowest BCUT2D eigenvalue weighted by molar-refractivity contribution is 0.0939. The van der Waals surface area contributed by atoms with Crippen LogP contribution >= 0.6 is 0 Å². The third-order valence-electron chi connectivity index (χ3n) is 4.03. The van der Waals surface area contributed by atoms with Crippen molar-refractivity contribution in [3.05, 3.63) is 72.6 Å². The second kappa shape index (κ2) is 8.25. The molecule has 1 aromatic heterocycles. The van der Waals surface area contributed by atoms with Crippen LogP contribution < -0.4 is 10.1 Å². The van der Waals surface area contributed by atoms with E-state index in [-0.39, 0.29) is 18.0 Å². The van der Waals surface area contributed by atoms with Gasteiger partial charge in [0.2, 0.25) is 0 Å². The number of carbonyl (C=O) groups is 1. The summed E-state index contributed by atoms with van der Waals surface area (Å²) >= 11 is 0. The number of nitrogens with one attached hydrogen (secondary N) is 1. The fraction of sp³-hybridized carbons (Fsp3) is 0.190. The van der Waals surface area contributed by atoms with Crippen molar-refractivity contribution in [2.45, 2.75) is 26.3 Å². The molecule has 1 atom stereocenters. The fourth-order valence-corrected chi connectivity index (χ4v) is 2.36. The Balaban J connectivity index is 1.75.